The Labute approximate surface area is 121 Å². The van der Waals surface area contributed by atoms with E-state index in [0.29, 0.717) is 11.6 Å². The molecule has 2 aromatic carbocycles. The average molecular weight is 289 g/mol. The van der Waals surface area contributed by atoms with Crippen molar-refractivity contribution in [3.8, 4) is 0 Å². The van der Waals surface area contributed by atoms with Gasteiger partial charge in [-0.1, -0.05) is 36.7 Å². The molecule has 0 atom stereocenters. The van der Waals surface area contributed by atoms with Crippen LogP contribution in [0.3, 0.4) is 0 Å². The molecule has 0 saturated carbocycles. The molecule has 0 bridgehead atoms. The summed E-state index contributed by atoms with van der Waals surface area (Å²) in [7, 11) is 0. The van der Waals surface area contributed by atoms with Crippen LogP contribution >= 0.6 is 11.6 Å². The first-order valence-corrected chi connectivity index (χ1v) is 6.95. The van der Waals surface area contributed by atoms with Gasteiger partial charge in [-0.05, 0) is 29.8 Å². The molecule has 3 aromatic rings. The Morgan fingerprint density at radius 2 is 2.00 bits per heavy atom. The van der Waals surface area contributed by atoms with Crippen LogP contribution in [0.25, 0.3) is 11.0 Å². The molecule has 3 rings (SSSR count). The Morgan fingerprint density at radius 3 is 2.75 bits per heavy atom. The van der Waals surface area contributed by atoms with Gasteiger partial charge >= 0.3 is 0 Å². The minimum Gasteiger partial charge on any atom is -0.323 e. The second-order valence-corrected chi connectivity index (χ2v) is 5.10. The highest BCUT2D eigenvalue weighted by atomic mass is 35.5. The predicted molar refractivity (Wildman–Crippen MR) is 79.6 cm³/mol. The molecule has 20 heavy (non-hydrogen) atoms. The zero-order valence-electron chi connectivity index (χ0n) is 11.1. The summed E-state index contributed by atoms with van der Waals surface area (Å²) in [6.45, 7) is 2.67. The zero-order valence-corrected chi connectivity index (χ0v) is 11.9. The first kappa shape index (κ1) is 13.1. The van der Waals surface area contributed by atoms with Crippen molar-refractivity contribution < 1.29 is 4.39 Å². The van der Waals surface area contributed by atoms with E-state index in [0.717, 1.165) is 28.8 Å². The number of halogens is 2. The molecular formula is C16H14ClFN2. The SMILES string of the molecule is CCc1nc2ccccc2n1Cc1ccc(F)cc1Cl. The first-order chi connectivity index (χ1) is 9.69. The third kappa shape index (κ3) is 2.29. The number of aryl methyl sites for hydroxylation is 1. The topological polar surface area (TPSA) is 17.8 Å². The lowest BCUT2D eigenvalue weighted by Gasteiger charge is -2.10. The van der Waals surface area contributed by atoms with Gasteiger partial charge in [-0.2, -0.15) is 0 Å². The molecule has 0 spiro atoms. The standard InChI is InChI=1S/C16H14ClFN2/c1-2-16-19-14-5-3-4-6-15(14)20(16)10-11-7-8-12(18)9-13(11)17/h3-9H,2,10H2,1H3. The quantitative estimate of drug-likeness (QED) is 0.697. The molecule has 0 aliphatic rings. The Morgan fingerprint density at radius 1 is 1.20 bits per heavy atom. The number of imidazole rings is 1. The third-order valence-electron chi connectivity index (χ3n) is 3.39. The summed E-state index contributed by atoms with van der Waals surface area (Å²) < 4.78 is 15.3. The second-order valence-electron chi connectivity index (χ2n) is 4.69. The lowest BCUT2D eigenvalue weighted by molar-refractivity contribution is 0.626. The van der Waals surface area contributed by atoms with Gasteiger partial charge in [0.1, 0.15) is 11.6 Å². The highest BCUT2D eigenvalue weighted by Crippen LogP contribution is 2.22. The molecule has 0 fully saturated rings. The van der Waals surface area contributed by atoms with Crippen molar-refractivity contribution in [2.75, 3.05) is 0 Å². The zero-order chi connectivity index (χ0) is 14.1. The molecule has 0 aliphatic carbocycles. The highest BCUT2D eigenvalue weighted by Gasteiger charge is 2.11. The fourth-order valence-electron chi connectivity index (χ4n) is 2.39. The van der Waals surface area contributed by atoms with Gasteiger partial charge in [-0.15, -0.1) is 0 Å². The number of hydrogen-bond donors (Lipinski definition) is 0. The van der Waals surface area contributed by atoms with Crippen molar-refractivity contribution in [3.05, 3.63) is 64.7 Å². The van der Waals surface area contributed by atoms with Gasteiger partial charge in [0.15, 0.2) is 0 Å². The lowest BCUT2D eigenvalue weighted by atomic mass is 10.2. The van der Waals surface area contributed by atoms with Gasteiger partial charge < -0.3 is 4.57 Å². The van der Waals surface area contributed by atoms with E-state index < -0.39 is 0 Å². The van der Waals surface area contributed by atoms with Gasteiger partial charge in [-0.3, -0.25) is 0 Å². The van der Waals surface area contributed by atoms with Crippen LogP contribution in [0.15, 0.2) is 42.5 Å². The normalized spacial score (nSPS) is 11.2. The lowest BCUT2D eigenvalue weighted by Crippen LogP contribution is -2.05. The maximum absolute atomic E-state index is 13.1. The molecule has 0 saturated heterocycles. The monoisotopic (exact) mass is 288 g/mol. The number of nitrogens with zero attached hydrogens (tertiary/aromatic N) is 2. The number of rotatable bonds is 3. The van der Waals surface area contributed by atoms with Crippen molar-refractivity contribution in [2.45, 2.75) is 19.9 Å². The molecule has 0 aliphatic heterocycles. The smallest absolute Gasteiger partial charge is 0.124 e. The van der Waals surface area contributed by atoms with Crippen molar-refractivity contribution in [2.24, 2.45) is 0 Å². The van der Waals surface area contributed by atoms with Gasteiger partial charge in [-0.25, -0.2) is 9.37 Å². The molecular weight excluding hydrogens is 275 g/mol. The van der Waals surface area contributed by atoms with Gasteiger partial charge in [0, 0.05) is 11.4 Å². The largest absolute Gasteiger partial charge is 0.323 e. The summed E-state index contributed by atoms with van der Waals surface area (Å²) in [6, 6.07) is 12.5. The molecule has 0 amide bonds. The Kier molecular flexibility index (Phi) is 3.45. The Bertz CT molecular complexity index is 764. The van der Waals surface area contributed by atoms with E-state index in [1.165, 1.54) is 12.1 Å². The third-order valence-corrected chi connectivity index (χ3v) is 3.75. The van der Waals surface area contributed by atoms with E-state index in [9.17, 15) is 4.39 Å². The molecule has 0 unspecified atom stereocenters. The average Bonchev–Trinajstić information content (AvgIpc) is 2.80. The van der Waals surface area contributed by atoms with Crippen molar-refractivity contribution in [1.29, 1.82) is 0 Å². The van der Waals surface area contributed by atoms with E-state index >= 15 is 0 Å². The van der Waals surface area contributed by atoms with Crippen LogP contribution in [0, 0.1) is 5.82 Å². The van der Waals surface area contributed by atoms with Crippen LogP contribution in [-0.2, 0) is 13.0 Å². The molecule has 1 aromatic heterocycles. The Hall–Kier alpha value is -1.87. The number of aromatic nitrogens is 2. The highest BCUT2D eigenvalue weighted by molar-refractivity contribution is 6.31. The van der Waals surface area contributed by atoms with Gasteiger partial charge in [0.2, 0.25) is 0 Å². The van der Waals surface area contributed by atoms with Crippen LogP contribution < -0.4 is 0 Å². The summed E-state index contributed by atoms with van der Waals surface area (Å²) in [5, 5.41) is 0.449. The number of para-hydroxylation sites is 2. The Balaban J connectivity index is 2.09. The summed E-state index contributed by atoms with van der Waals surface area (Å²) in [5.74, 6) is 0.691. The molecule has 2 nitrogen and oxygen atoms in total. The fourth-order valence-corrected chi connectivity index (χ4v) is 2.62. The minimum atomic E-state index is -0.315. The van der Waals surface area contributed by atoms with Crippen molar-refractivity contribution in [1.82, 2.24) is 9.55 Å². The van der Waals surface area contributed by atoms with Crippen molar-refractivity contribution in [3.63, 3.8) is 0 Å². The van der Waals surface area contributed by atoms with E-state index in [-0.39, 0.29) is 5.82 Å². The number of hydrogen-bond acceptors (Lipinski definition) is 1. The van der Waals surface area contributed by atoms with Gasteiger partial charge in [0.05, 0.1) is 17.6 Å². The molecule has 0 N–H and O–H groups in total. The molecule has 102 valence electrons. The second kappa shape index (κ2) is 5.25. The van der Waals surface area contributed by atoms with Crippen LogP contribution in [0.1, 0.15) is 18.3 Å². The maximum Gasteiger partial charge on any atom is 0.124 e. The van der Waals surface area contributed by atoms with E-state index in [2.05, 4.69) is 16.5 Å². The van der Waals surface area contributed by atoms with Crippen LogP contribution in [0.5, 0.6) is 0 Å². The van der Waals surface area contributed by atoms with Crippen LogP contribution in [0.4, 0.5) is 4.39 Å². The van der Waals surface area contributed by atoms with E-state index in [1.54, 1.807) is 6.07 Å². The molecule has 4 heteroatoms. The van der Waals surface area contributed by atoms with Crippen LogP contribution in [-0.4, -0.2) is 9.55 Å². The fraction of sp³-hybridized carbons (Fsp3) is 0.188. The summed E-state index contributed by atoms with van der Waals surface area (Å²) in [6.07, 6.45) is 0.841. The van der Waals surface area contributed by atoms with E-state index in [4.69, 9.17) is 11.6 Å². The van der Waals surface area contributed by atoms with Gasteiger partial charge in [0.25, 0.3) is 0 Å². The predicted octanol–water partition coefficient (Wildman–Crippen LogP) is 4.44. The molecule has 1 heterocycles. The first-order valence-electron chi connectivity index (χ1n) is 6.57. The minimum absolute atomic E-state index is 0.315. The summed E-state index contributed by atoms with van der Waals surface area (Å²) in [5.41, 5.74) is 2.94. The number of fused-ring (bicyclic) bond motifs is 1. The maximum atomic E-state index is 13.1. The van der Waals surface area contributed by atoms with Crippen molar-refractivity contribution >= 4 is 22.6 Å². The molecule has 0 radical (unpaired) electrons. The summed E-state index contributed by atoms with van der Waals surface area (Å²) in [4.78, 5) is 4.62. The van der Waals surface area contributed by atoms with Crippen LogP contribution in [0.2, 0.25) is 5.02 Å². The summed E-state index contributed by atoms with van der Waals surface area (Å²) >= 11 is 6.12. The van der Waals surface area contributed by atoms with E-state index in [1.807, 2.05) is 24.3 Å². The number of benzene rings is 2.